The molecule has 5 heteroatoms. The molecule has 0 N–H and O–H groups in total. The summed E-state index contributed by atoms with van der Waals surface area (Å²) in [7, 11) is 0. The van der Waals surface area contributed by atoms with E-state index in [1.54, 1.807) is 24.3 Å². The lowest BCUT2D eigenvalue weighted by atomic mass is 10.1. The van der Waals surface area contributed by atoms with Crippen molar-refractivity contribution in [2.24, 2.45) is 0 Å². The number of hydrogen-bond acceptors (Lipinski definition) is 2. The van der Waals surface area contributed by atoms with Crippen LogP contribution < -0.4 is 4.74 Å². The van der Waals surface area contributed by atoms with Crippen LogP contribution in [0.1, 0.15) is 29.3 Å². The molecule has 1 amide bonds. The molecular weight excluding hydrogens is 312 g/mol. The van der Waals surface area contributed by atoms with Crippen LogP contribution in [0, 0.1) is 0 Å². The van der Waals surface area contributed by atoms with Crippen molar-refractivity contribution in [3.8, 4) is 5.75 Å². The quantitative estimate of drug-likeness (QED) is 0.717. The molecule has 0 unspecified atom stereocenters. The number of carbonyl (C=O) groups is 1. The van der Waals surface area contributed by atoms with Crippen LogP contribution in [0.25, 0.3) is 0 Å². The molecule has 128 valence electrons. The van der Waals surface area contributed by atoms with Gasteiger partial charge >= 0.3 is 0 Å². The number of carbonyl (C=O) groups excluding carboxylic acids is 1. The Balaban J connectivity index is 2.06. The normalized spacial score (nSPS) is 10.7. The number of nitrogens with zero attached hydrogens (tertiary/aromatic N) is 1. The van der Waals surface area contributed by atoms with Crippen molar-refractivity contribution >= 4 is 5.91 Å². The molecule has 0 spiro atoms. The molecule has 0 radical (unpaired) electrons. The van der Waals surface area contributed by atoms with Crippen molar-refractivity contribution in [1.82, 2.24) is 4.90 Å². The molecule has 0 aliphatic carbocycles. The molecule has 0 aliphatic rings. The molecule has 0 saturated carbocycles. The summed E-state index contributed by atoms with van der Waals surface area (Å²) in [5, 5.41) is 0. The average molecular weight is 333 g/mol. The van der Waals surface area contributed by atoms with Gasteiger partial charge in [-0.1, -0.05) is 43.3 Å². The highest BCUT2D eigenvalue weighted by molar-refractivity contribution is 5.94. The van der Waals surface area contributed by atoms with E-state index >= 15 is 0 Å². The van der Waals surface area contributed by atoms with Gasteiger partial charge in [-0.15, -0.1) is 0 Å². The minimum Gasteiger partial charge on any atom is -0.489 e. The molecule has 0 aliphatic heterocycles. The van der Waals surface area contributed by atoms with Crippen LogP contribution in [0.2, 0.25) is 0 Å². The molecule has 3 nitrogen and oxygen atoms in total. The first kappa shape index (κ1) is 17.9. The van der Waals surface area contributed by atoms with Crippen molar-refractivity contribution < 1.29 is 18.3 Å². The van der Waals surface area contributed by atoms with E-state index in [0.29, 0.717) is 30.9 Å². The van der Waals surface area contributed by atoms with Gasteiger partial charge in [0.05, 0.1) is 6.54 Å². The van der Waals surface area contributed by atoms with Crippen molar-refractivity contribution in [3.05, 3.63) is 65.7 Å². The molecule has 2 aromatic rings. The first-order valence-electron chi connectivity index (χ1n) is 7.94. The van der Waals surface area contributed by atoms with Gasteiger partial charge in [-0.05, 0) is 30.2 Å². The maximum Gasteiger partial charge on any atom is 0.255 e. The Hall–Kier alpha value is -2.43. The number of rotatable bonds is 8. The van der Waals surface area contributed by atoms with Gasteiger partial charge in [0.2, 0.25) is 0 Å². The van der Waals surface area contributed by atoms with Crippen LogP contribution >= 0.6 is 0 Å². The zero-order chi connectivity index (χ0) is 17.4. The highest BCUT2D eigenvalue weighted by Gasteiger charge is 2.19. The minimum absolute atomic E-state index is 0.304. The fourth-order valence-electron chi connectivity index (χ4n) is 2.35. The Bertz CT molecular complexity index is 647. The molecule has 0 bridgehead atoms. The van der Waals surface area contributed by atoms with Gasteiger partial charge in [-0.3, -0.25) is 4.79 Å². The highest BCUT2D eigenvalue weighted by atomic mass is 19.3. The lowest BCUT2D eigenvalue weighted by molar-refractivity contribution is 0.0555. The first-order valence-corrected chi connectivity index (χ1v) is 7.94. The Morgan fingerprint density at radius 1 is 1.12 bits per heavy atom. The summed E-state index contributed by atoms with van der Waals surface area (Å²) in [6.45, 7) is 1.99. The van der Waals surface area contributed by atoms with Crippen LogP contribution in [0.15, 0.2) is 54.6 Å². The third-order valence-electron chi connectivity index (χ3n) is 3.47. The van der Waals surface area contributed by atoms with E-state index < -0.39 is 18.9 Å². The third kappa shape index (κ3) is 5.33. The van der Waals surface area contributed by atoms with Gasteiger partial charge in [0, 0.05) is 12.1 Å². The van der Waals surface area contributed by atoms with E-state index in [1.807, 2.05) is 37.3 Å². The summed E-state index contributed by atoms with van der Waals surface area (Å²) in [6.07, 6.45) is -1.92. The molecular formula is C19H21F2NO2. The van der Waals surface area contributed by atoms with Crippen molar-refractivity contribution in [1.29, 1.82) is 0 Å². The van der Waals surface area contributed by atoms with E-state index in [4.69, 9.17) is 4.74 Å². The number of alkyl halides is 2. The SMILES string of the molecule is CCCN(CC(F)F)C(=O)c1cccc(OCc2ccccc2)c1. The minimum atomic E-state index is -2.54. The zero-order valence-electron chi connectivity index (χ0n) is 13.6. The van der Waals surface area contributed by atoms with E-state index in [0.717, 1.165) is 5.56 Å². The predicted molar refractivity (Wildman–Crippen MR) is 89.4 cm³/mol. The Kier molecular flexibility index (Phi) is 6.73. The monoisotopic (exact) mass is 333 g/mol. The predicted octanol–water partition coefficient (Wildman–Crippen LogP) is 4.38. The molecule has 0 saturated heterocycles. The second-order valence-electron chi connectivity index (χ2n) is 5.44. The number of amides is 1. The largest absolute Gasteiger partial charge is 0.489 e. The summed E-state index contributed by atoms with van der Waals surface area (Å²) in [5.41, 5.74) is 1.37. The Morgan fingerprint density at radius 2 is 1.88 bits per heavy atom. The zero-order valence-corrected chi connectivity index (χ0v) is 13.6. The number of hydrogen-bond donors (Lipinski definition) is 0. The topological polar surface area (TPSA) is 29.5 Å². The highest BCUT2D eigenvalue weighted by Crippen LogP contribution is 2.17. The summed E-state index contributed by atoms with van der Waals surface area (Å²) in [5.74, 6) is 0.139. The first-order chi connectivity index (χ1) is 11.6. The smallest absolute Gasteiger partial charge is 0.255 e. The van der Waals surface area contributed by atoms with Crippen LogP contribution in [0.4, 0.5) is 8.78 Å². The fraction of sp³-hybridized carbons (Fsp3) is 0.316. The van der Waals surface area contributed by atoms with E-state index in [-0.39, 0.29) is 0 Å². The summed E-state index contributed by atoms with van der Waals surface area (Å²) in [6, 6.07) is 16.3. The standard InChI is InChI=1S/C19H21F2NO2/c1-2-11-22(13-18(20)21)19(23)16-9-6-10-17(12-16)24-14-15-7-4-3-5-8-15/h3-10,12,18H,2,11,13-14H2,1H3. The number of benzene rings is 2. The van der Waals surface area contributed by atoms with Crippen LogP contribution in [0.3, 0.4) is 0 Å². The second kappa shape index (κ2) is 9.01. The average Bonchev–Trinajstić information content (AvgIpc) is 2.60. The number of ether oxygens (including phenoxy) is 1. The van der Waals surface area contributed by atoms with Crippen molar-refractivity contribution in [2.75, 3.05) is 13.1 Å². The van der Waals surface area contributed by atoms with E-state index in [2.05, 4.69) is 0 Å². The maximum atomic E-state index is 12.7. The van der Waals surface area contributed by atoms with Gasteiger partial charge in [-0.25, -0.2) is 8.78 Å². The second-order valence-corrected chi connectivity index (χ2v) is 5.44. The van der Waals surface area contributed by atoms with Crippen LogP contribution in [-0.2, 0) is 6.61 Å². The molecule has 2 rings (SSSR count). The van der Waals surface area contributed by atoms with Gasteiger partial charge in [0.25, 0.3) is 12.3 Å². The van der Waals surface area contributed by atoms with Crippen molar-refractivity contribution in [2.45, 2.75) is 26.4 Å². The molecule has 0 aromatic heterocycles. The lowest BCUT2D eigenvalue weighted by Crippen LogP contribution is -2.35. The maximum absolute atomic E-state index is 12.7. The van der Waals surface area contributed by atoms with Gasteiger partial charge < -0.3 is 9.64 Å². The number of halogens is 2. The fourth-order valence-corrected chi connectivity index (χ4v) is 2.35. The van der Waals surface area contributed by atoms with Crippen LogP contribution in [0.5, 0.6) is 5.75 Å². The molecule has 0 heterocycles. The van der Waals surface area contributed by atoms with Gasteiger partial charge in [-0.2, -0.15) is 0 Å². The van der Waals surface area contributed by atoms with Gasteiger partial charge in [0.15, 0.2) is 0 Å². The Labute approximate surface area is 140 Å². The molecule has 24 heavy (non-hydrogen) atoms. The Morgan fingerprint density at radius 3 is 2.54 bits per heavy atom. The van der Waals surface area contributed by atoms with E-state index in [9.17, 15) is 13.6 Å². The molecule has 0 atom stereocenters. The summed E-state index contributed by atoms with van der Waals surface area (Å²) < 4.78 is 31.0. The van der Waals surface area contributed by atoms with Crippen LogP contribution in [-0.4, -0.2) is 30.3 Å². The lowest BCUT2D eigenvalue weighted by Gasteiger charge is -2.22. The molecule has 0 fully saturated rings. The summed E-state index contributed by atoms with van der Waals surface area (Å²) >= 11 is 0. The van der Waals surface area contributed by atoms with Gasteiger partial charge in [0.1, 0.15) is 12.4 Å². The third-order valence-corrected chi connectivity index (χ3v) is 3.47. The summed E-state index contributed by atoms with van der Waals surface area (Å²) in [4.78, 5) is 13.6. The molecule has 2 aromatic carbocycles. The van der Waals surface area contributed by atoms with Crippen molar-refractivity contribution in [3.63, 3.8) is 0 Å². The van der Waals surface area contributed by atoms with E-state index in [1.165, 1.54) is 4.90 Å².